The largest absolute Gasteiger partial charge is 0.494 e. The summed E-state index contributed by atoms with van der Waals surface area (Å²) in [4.78, 5) is 46.9. The fourth-order valence-electron chi connectivity index (χ4n) is 3.27. The molecule has 1 N–H and O–H groups in total. The van der Waals surface area contributed by atoms with E-state index >= 15 is 0 Å². The number of non-ortho nitro benzene ring substituents is 2. The highest BCUT2D eigenvalue weighted by Crippen LogP contribution is 2.41. The number of esters is 1. The van der Waals surface area contributed by atoms with Gasteiger partial charge in [-0.15, -0.1) is 11.3 Å². The Hall–Kier alpha value is -4.32. The SMILES string of the molecule is CCOc1ccc(-c2c(C)sc(NC(=O)c3cc([N+](=O)[O-])cc([N+](=O)[O-])c3)c2C(=O)OC)cc1. The zero-order valence-corrected chi connectivity index (χ0v) is 19.1. The highest BCUT2D eigenvalue weighted by Gasteiger charge is 2.27. The molecule has 0 atom stereocenters. The van der Waals surface area contributed by atoms with Crippen molar-refractivity contribution in [2.45, 2.75) is 13.8 Å². The number of anilines is 1. The number of carbonyl (C=O) groups is 2. The molecule has 0 radical (unpaired) electrons. The molecule has 0 bridgehead atoms. The maximum Gasteiger partial charge on any atom is 0.341 e. The number of amides is 1. The molecule has 11 nitrogen and oxygen atoms in total. The lowest BCUT2D eigenvalue weighted by atomic mass is 10.0. The van der Waals surface area contributed by atoms with Gasteiger partial charge in [0.05, 0.1) is 35.2 Å². The molecule has 0 aliphatic heterocycles. The minimum absolute atomic E-state index is 0.0995. The summed E-state index contributed by atoms with van der Waals surface area (Å²) in [5.74, 6) is -0.899. The quantitative estimate of drug-likeness (QED) is 0.266. The Morgan fingerprint density at radius 1 is 1.03 bits per heavy atom. The fourth-order valence-corrected chi connectivity index (χ4v) is 4.33. The number of rotatable bonds is 8. The molecule has 0 fully saturated rings. The van der Waals surface area contributed by atoms with E-state index in [4.69, 9.17) is 9.47 Å². The van der Waals surface area contributed by atoms with Gasteiger partial charge in [-0.3, -0.25) is 25.0 Å². The summed E-state index contributed by atoms with van der Waals surface area (Å²) in [7, 11) is 1.20. The summed E-state index contributed by atoms with van der Waals surface area (Å²) in [6.07, 6.45) is 0. The van der Waals surface area contributed by atoms with Crippen LogP contribution >= 0.6 is 11.3 Å². The molecule has 0 aliphatic rings. The van der Waals surface area contributed by atoms with E-state index in [-0.39, 0.29) is 16.1 Å². The van der Waals surface area contributed by atoms with Gasteiger partial charge in [0.25, 0.3) is 17.3 Å². The van der Waals surface area contributed by atoms with Crippen LogP contribution in [0.1, 0.15) is 32.5 Å². The van der Waals surface area contributed by atoms with E-state index in [1.807, 2.05) is 6.92 Å². The molecule has 1 aromatic heterocycles. The average Bonchev–Trinajstić information content (AvgIpc) is 3.14. The number of thiophene rings is 1. The molecule has 3 aromatic rings. The lowest BCUT2D eigenvalue weighted by Crippen LogP contribution is -2.14. The van der Waals surface area contributed by atoms with Gasteiger partial charge in [-0.05, 0) is 31.5 Å². The van der Waals surface area contributed by atoms with Crippen molar-refractivity contribution in [2.24, 2.45) is 0 Å². The van der Waals surface area contributed by atoms with Gasteiger partial charge >= 0.3 is 5.97 Å². The molecule has 2 aromatic carbocycles. The zero-order chi connectivity index (χ0) is 25.0. The van der Waals surface area contributed by atoms with E-state index in [1.165, 1.54) is 7.11 Å². The normalized spacial score (nSPS) is 10.4. The van der Waals surface area contributed by atoms with Gasteiger partial charge in [0.1, 0.15) is 16.3 Å². The third-order valence-electron chi connectivity index (χ3n) is 4.74. The van der Waals surface area contributed by atoms with E-state index in [9.17, 15) is 29.8 Å². The van der Waals surface area contributed by atoms with E-state index in [0.717, 1.165) is 29.5 Å². The fraction of sp³-hybridized carbons (Fsp3) is 0.182. The van der Waals surface area contributed by atoms with Crippen molar-refractivity contribution in [3.8, 4) is 16.9 Å². The number of ether oxygens (including phenoxy) is 2. The standard InChI is InChI=1S/C22H19N3O8S/c1-4-33-17-7-5-13(6-8-17)18-12(2)34-21(19(18)22(27)32-3)23-20(26)14-9-15(24(28)29)11-16(10-14)25(30)31/h5-11H,4H2,1-3H3,(H,23,26). The van der Waals surface area contributed by atoms with Gasteiger partial charge in [-0.1, -0.05) is 12.1 Å². The molecule has 176 valence electrons. The van der Waals surface area contributed by atoms with Crippen LogP contribution in [0.2, 0.25) is 0 Å². The molecule has 1 amide bonds. The van der Waals surface area contributed by atoms with Crippen LogP contribution < -0.4 is 10.1 Å². The first-order valence-electron chi connectivity index (χ1n) is 9.86. The Morgan fingerprint density at radius 3 is 2.12 bits per heavy atom. The van der Waals surface area contributed by atoms with Crippen molar-refractivity contribution in [1.29, 1.82) is 0 Å². The highest BCUT2D eigenvalue weighted by molar-refractivity contribution is 7.17. The lowest BCUT2D eigenvalue weighted by molar-refractivity contribution is -0.394. The first kappa shape index (κ1) is 24.3. The van der Waals surface area contributed by atoms with Crippen LogP contribution in [-0.2, 0) is 4.74 Å². The van der Waals surface area contributed by atoms with Crippen molar-refractivity contribution in [2.75, 3.05) is 19.0 Å². The predicted octanol–water partition coefficient (Wildman–Crippen LogP) is 4.98. The molecule has 0 spiro atoms. The molecule has 34 heavy (non-hydrogen) atoms. The second-order valence-corrected chi connectivity index (χ2v) is 8.12. The monoisotopic (exact) mass is 485 g/mol. The highest BCUT2D eigenvalue weighted by atomic mass is 32.1. The molecule has 0 aliphatic carbocycles. The second kappa shape index (κ2) is 10.1. The van der Waals surface area contributed by atoms with Gasteiger partial charge < -0.3 is 14.8 Å². The molecule has 1 heterocycles. The van der Waals surface area contributed by atoms with Crippen molar-refractivity contribution in [3.63, 3.8) is 0 Å². The maximum atomic E-state index is 12.9. The number of nitrogens with zero attached hydrogens (tertiary/aromatic N) is 2. The molecule has 3 rings (SSSR count). The Morgan fingerprint density at radius 2 is 1.62 bits per heavy atom. The third-order valence-corrected chi connectivity index (χ3v) is 5.76. The van der Waals surface area contributed by atoms with Crippen molar-refractivity contribution >= 4 is 39.6 Å². The third kappa shape index (κ3) is 5.02. The first-order valence-corrected chi connectivity index (χ1v) is 10.7. The van der Waals surface area contributed by atoms with E-state index in [2.05, 4.69) is 5.32 Å². The summed E-state index contributed by atoms with van der Waals surface area (Å²) >= 11 is 1.11. The molecule has 0 saturated heterocycles. The van der Waals surface area contributed by atoms with Crippen molar-refractivity contribution in [1.82, 2.24) is 0 Å². The number of carbonyl (C=O) groups excluding carboxylic acids is 2. The van der Waals surface area contributed by atoms with Crippen molar-refractivity contribution < 1.29 is 28.9 Å². The first-order chi connectivity index (χ1) is 16.2. The molecular formula is C22H19N3O8S. The van der Waals surface area contributed by atoms with Gasteiger partial charge in [0.15, 0.2) is 0 Å². The number of methoxy groups -OCH3 is 1. The van der Waals surface area contributed by atoms with Gasteiger partial charge in [-0.25, -0.2) is 4.79 Å². The predicted molar refractivity (Wildman–Crippen MR) is 125 cm³/mol. The number of aryl methyl sites for hydroxylation is 1. The molecule has 0 unspecified atom stereocenters. The van der Waals surface area contributed by atoms with E-state index in [1.54, 1.807) is 31.2 Å². The van der Waals surface area contributed by atoms with E-state index in [0.29, 0.717) is 28.4 Å². The average molecular weight is 485 g/mol. The van der Waals surface area contributed by atoms with Crippen LogP contribution in [0.15, 0.2) is 42.5 Å². The maximum absolute atomic E-state index is 12.9. The van der Waals surface area contributed by atoms with Crippen molar-refractivity contribution in [3.05, 3.63) is 78.7 Å². The zero-order valence-electron chi connectivity index (χ0n) is 18.3. The van der Waals surface area contributed by atoms with Crippen LogP contribution in [0.25, 0.3) is 11.1 Å². The lowest BCUT2D eigenvalue weighted by Gasteiger charge is -2.09. The number of nitro groups is 2. The number of benzene rings is 2. The Labute approximate surface area is 197 Å². The Kier molecular flexibility index (Phi) is 7.21. The minimum atomic E-state index is -0.851. The summed E-state index contributed by atoms with van der Waals surface area (Å²) in [6, 6.07) is 9.64. The summed E-state index contributed by atoms with van der Waals surface area (Å²) in [5.41, 5.74) is -0.188. The number of nitro benzene ring substituents is 2. The van der Waals surface area contributed by atoms with Crippen LogP contribution in [0.5, 0.6) is 5.75 Å². The van der Waals surface area contributed by atoms with Gasteiger partial charge in [0, 0.05) is 22.6 Å². The van der Waals surface area contributed by atoms with Crippen LogP contribution in [0, 0.1) is 27.2 Å². The molecule has 0 saturated carbocycles. The summed E-state index contributed by atoms with van der Waals surface area (Å²) in [5, 5.41) is 25.0. The number of hydrogen-bond donors (Lipinski definition) is 1. The van der Waals surface area contributed by atoms with Gasteiger partial charge in [-0.2, -0.15) is 0 Å². The molecular weight excluding hydrogens is 466 g/mol. The minimum Gasteiger partial charge on any atom is -0.494 e. The summed E-state index contributed by atoms with van der Waals surface area (Å²) < 4.78 is 10.4. The van der Waals surface area contributed by atoms with E-state index < -0.39 is 33.1 Å². The topological polar surface area (TPSA) is 151 Å². The Balaban J connectivity index is 2.05. The van der Waals surface area contributed by atoms with Crippen LogP contribution in [0.4, 0.5) is 16.4 Å². The van der Waals surface area contributed by atoms with Gasteiger partial charge in [0.2, 0.25) is 0 Å². The number of hydrogen-bond acceptors (Lipinski definition) is 9. The smallest absolute Gasteiger partial charge is 0.341 e. The second-order valence-electron chi connectivity index (χ2n) is 6.89. The van der Waals surface area contributed by atoms with Crippen LogP contribution in [-0.4, -0.2) is 35.4 Å². The number of nitrogens with one attached hydrogen (secondary N) is 1. The van der Waals surface area contributed by atoms with Crippen LogP contribution in [0.3, 0.4) is 0 Å². The Bertz CT molecular complexity index is 1250. The molecule has 12 heteroatoms. The summed E-state index contributed by atoms with van der Waals surface area (Å²) in [6.45, 7) is 4.12.